The van der Waals surface area contributed by atoms with Crippen LogP contribution in [0.15, 0.2) is 29.2 Å². The summed E-state index contributed by atoms with van der Waals surface area (Å²) in [6.45, 7) is 2.99. The number of amides is 1. The van der Waals surface area contributed by atoms with Crippen molar-refractivity contribution in [1.29, 1.82) is 0 Å². The lowest BCUT2D eigenvalue weighted by atomic mass is 9.87. The first-order valence-corrected chi connectivity index (χ1v) is 10.2. The topological polar surface area (TPSA) is 58.1 Å². The van der Waals surface area contributed by atoms with Gasteiger partial charge in [0, 0.05) is 30.6 Å². The van der Waals surface area contributed by atoms with E-state index >= 15 is 0 Å². The van der Waals surface area contributed by atoms with Crippen molar-refractivity contribution >= 4 is 38.8 Å². The van der Waals surface area contributed by atoms with Crippen molar-refractivity contribution in [2.45, 2.75) is 25.3 Å². The summed E-state index contributed by atoms with van der Waals surface area (Å²) in [6.07, 6.45) is 3.93. The lowest BCUT2D eigenvalue weighted by molar-refractivity contribution is 0.0965. The maximum absolute atomic E-state index is 12.4. The molecule has 1 fully saturated rings. The normalized spacial score (nSPS) is 16.4. The van der Waals surface area contributed by atoms with Crippen molar-refractivity contribution in [3.05, 3.63) is 45.4 Å². The Hall–Kier alpha value is -1.83. The van der Waals surface area contributed by atoms with E-state index in [4.69, 9.17) is 0 Å². The fourth-order valence-electron chi connectivity index (χ4n) is 3.56. The van der Waals surface area contributed by atoms with E-state index in [2.05, 4.69) is 31.6 Å². The summed E-state index contributed by atoms with van der Waals surface area (Å²) in [5.41, 5.74) is 4.24. The number of rotatable bonds is 4. The van der Waals surface area contributed by atoms with Gasteiger partial charge in [-0.2, -0.15) is 0 Å². The number of carbonyl (C=O) groups is 1. The summed E-state index contributed by atoms with van der Waals surface area (Å²) in [5.74, 6) is 0.417. The smallest absolute Gasteiger partial charge is 0.261 e. The third-order valence-electron chi connectivity index (χ3n) is 4.80. The van der Waals surface area contributed by atoms with Crippen molar-refractivity contribution in [3.8, 4) is 0 Å². The lowest BCUT2D eigenvalue weighted by Gasteiger charge is -2.31. The van der Waals surface area contributed by atoms with E-state index < -0.39 is 0 Å². The van der Waals surface area contributed by atoms with E-state index in [9.17, 15) is 4.79 Å². The third kappa shape index (κ3) is 3.31. The van der Waals surface area contributed by atoms with E-state index in [0.29, 0.717) is 5.92 Å². The van der Waals surface area contributed by atoms with Crippen molar-refractivity contribution in [2.24, 2.45) is 0 Å². The van der Waals surface area contributed by atoms with Gasteiger partial charge in [0.05, 0.1) is 16.1 Å². The summed E-state index contributed by atoms with van der Waals surface area (Å²) in [4.78, 5) is 25.5. The van der Waals surface area contributed by atoms with Crippen LogP contribution in [0, 0.1) is 0 Å². The molecule has 7 heteroatoms. The Kier molecular flexibility index (Phi) is 4.78. The van der Waals surface area contributed by atoms with Crippen LogP contribution in [0.3, 0.4) is 0 Å². The van der Waals surface area contributed by atoms with E-state index in [0.717, 1.165) is 53.3 Å². The van der Waals surface area contributed by atoms with Gasteiger partial charge in [-0.1, -0.05) is 6.07 Å². The molecule has 25 heavy (non-hydrogen) atoms. The molecule has 0 radical (unpaired) electrons. The zero-order chi connectivity index (χ0) is 17.2. The van der Waals surface area contributed by atoms with Gasteiger partial charge in [-0.05, 0) is 43.5 Å². The molecule has 0 saturated carbocycles. The standard InChI is InChI=1S/C18H20N4OS2/c1-19-17(23)16-15(14-3-2-6-20-18(14)25-16)12-4-7-22(8-5-12)9-13-10-24-11-21-13/h2-3,6,10-12H,4-5,7-9H2,1H3,(H,19,23). The molecular formula is C18H20N4OS2. The Labute approximate surface area is 154 Å². The van der Waals surface area contributed by atoms with E-state index in [1.807, 2.05) is 11.6 Å². The van der Waals surface area contributed by atoms with Crippen LogP contribution >= 0.6 is 22.7 Å². The van der Waals surface area contributed by atoms with E-state index in [-0.39, 0.29) is 5.91 Å². The fraction of sp³-hybridized carbons (Fsp3) is 0.389. The molecule has 0 aliphatic carbocycles. The highest BCUT2D eigenvalue weighted by atomic mass is 32.1. The van der Waals surface area contributed by atoms with Gasteiger partial charge in [-0.25, -0.2) is 9.97 Å². The van der Waals surface area contributed by atoms with Gasteiger partial charge in [-0.15, -0.1) is 22.7 Å². The molecule has 0 atom stereocenters. The molecule has 1 aliphatic heterocycles. The largest absolute Gasteiger partial charge is 0.354 e. The summed E-state index contributed by atoms with van der Waals surface area (Å²) < 4.78 is 0. The molecule has 4 heterocycles. The number of fused-ring (bicyclic) bond motifs is 1. The van der Waals surface area contributed by atoms with Crippen molar-refractivity contribution in [2.75, 3.05) is 20.1 Å². The number of thiophene rings is 1. The van der Waals surface area contributed by atoms with Crippen LogP contribution < -0.4 is 5.32 Å². The number of hydrogen-bond acceptors (Lipinski definition) is 6. The zero-order valence-corrected chi connectivity index (χ0v) is 15.7. The Morgan fingerprint density at radius 2 is 2.20 bits per heavy atom. The van der Waals surface area contributed by atoms with Gasteiger partial charge in [-0.3, -0.25) is 9.69 Å². The maximum Gasteiger partial charge on any atom is 0.261 e. The first kappa shape index (κ1) is 16.6. The van der Waals surface area contributed by atoms with Crippen LogP contribution in [0.25, 0.3) is 10.2 Å². The molecule has 1 amide bonds. The molecule has 4 rings (SSSR count). The van der Waals surface area contributed by atoms with Gasteiger partial charge in [0.2, 0.25) is 0 Å². The van der Waals surface area contributed by atoms with E-state index in [1.165, 1.54) is 16.9 Å². The summed E-state index contributed by atoms with van der Waals surface area (Å²) in [7, 11) is 1.69. The second kappa shape index (κ2) is 7.19. The average Bonchev–Trinajstić information content (AvgIpc) is 3.29. The zero-order valence-electron chi connectivity index (χ0n) is 14.1. The molecule has 3 aromatic rings. The van der Waals surface area contributed by atoms with Crippen LogP contribution in [0.1, 0.15) is 39.7 Å². The molecule has 1 saturated heterocycles. The summed E-state index contributed by atoms with van der Waals surface area (Å²) in [5, 5.41) is 6.05. The predicted octanol–water partition coefficient (Wildman–Crippen LogP) is 3.49. The molecule has 5 nitrogen and oxygen atoms in total. The molecule has 1 aliphatic rings. The predicted molar refractivity (Wildman–Crippen MR) is 102 cm³/mol. The van der Waals surface area contributed by atoms with Crippen molar-refractivity contribution in [1.82, 2.24) is 20.2 Å². The number of likely N-dealkylation sites (tertiary alicyclic amines) is 1. The number of nitrogens with one attached hydrogen (secondary N) is 1. The number of thiazole rings is 1. The molecule has 0 spiro atoms. The Balaban J connectivity index is 1.57. The van der Waals surface area contributed by atoms with Crippen LogP contribution in [-0.2, 0) is 6.54 Å². The quantitative estimate of drug-likeness (QED) is 0.762. The van der Waals surface area contributed by atoms with Gasteiger partial charge in [0.1, 0.15) is 4.83 Å². The summed E-state index contributed by atoms with van der Waals surface area (Å²) >= 11 is 3.16. The lowest BCUT2D eigenvalue weighted by Crippen LogP contribution is -2.33. The second-order valence-corrected chi connectivity index (χ2v) is 8.03. The molecule has 0 aromatic carbocycles. The minimum Gasteiger partial charge on any atom is -0.354 e. The van der Waals surface area contributed by atoms with Gasteiger partial charge in [0.25, 0.3) is 5.91 Å². The Morgan fingerprint density at radius 1 is 1.36 bits per heavy atom. The van der Waals surface area contributed by atoms with Crippen LogP contribution in [0.2, 0.25) is 0 Å². The van der Waals surface area contributed by atoms with E-state index in [1.54, 1.807) is 24.6 Å². The van der Waals surface area contributed by atoms with Crippen LogP contribution in [0.4, 0.5) is 0 Å². The minimum absolute atomic E-state index is 0.00269. The van der Waals surface area contributed by atoms with Crippen LogP contribution in [0.5, 0.6) is 0 Å². The molecule has 0 bridgehead atoms. The number of carbonyl (C=O) groups excluding carboxylic acids is 1. The number of piperidine rings is 1. The van der Waals surface area contributed by atoms with Crippen LogP contribution in [-0.4, -0.2) is 40.9 Å². The number of nitrogens with zero attached hydrogens (tertiary/aromatic N) is 3. The number of aromatic nitrogens is 2. The highest BCUT2D eigenvalue weighted by Gasteiger charge is 2.28. The van der Waals surface area contributed by atoms with Gasteiger partial charge in [0.15, 0.2) is 0 Å². The SMILES string of the molecule is CNC(=O)c1sc2ncccc2c1C1CCN(Cc2cscn2)CC1. The number of hydrogen-bond donors (Lipinski definition) is 1. The molecule has 130 valence electrons. The average molecular weight is 373 g/mol. The first-order chi connectivity index (χ1) is 12.3. The second-order valence-electron chi connectivity index (χ2n) is 6.31. The van der Waals surface area contributed by atoms with Crippen molar-refractivity contribution in [3.63, 3.8) is 0 Å². The first-order valence-electron chi connectivity index (χ1n) is 8.45. The fourth-order valence-corrected chi connectivity index (χ4v) is 5.29. The van der Waals surface area contributed by atoms with Gasteiger partial charge < -0.3 is 5.32 Å². The molecule has 0 unspecified atom stereocenters. The summed E-state index contributed by atoms with van der Waals surface area (Å²) in [6, 6.07) is 4.06. The van der Waals surface area contributed by atoms with Crippen molar-refractivity contribution < 1.29 is 4.79 Å². The monoisotopic (exact) mass is 372 g/mol. The molecular weight excluding hydrogens is 352 g/mol. The maximum atomic E-state index is 12.4. The number of pyridine rings is 1. The highest BCUT2D eigenvalue weighted by molar-refractivity contribution is 7.20. The van der Waals surface area contributed by atoms with Gasteiger partial charge >= 0.3 is 0 Å². The third-order valence-corrected chi connectivity index (χ3v) is 6.57. The molecule has 1 N–H and O–H groups in total. The Morgan fingerprint density at radius 3 is 2.92 bits per heavy atom. The molecule has 3 aromatic heterocycles. The minimum atomic E-state index is 0.00269. The highest BCUT2D eigenvalue weighted by Crippen LogP contribution is 2.39. The Bertz CT molecular complexity index is 866.